The van der Waals surface area contributed by atoms with Crippen molar-refractivity contribution in [2.75, 3.05) is 12.4 Å². The Morgan fingerprint density at radius 2 is 2.00 bits per heavy atom. The number of rotatable bonds is 4. The summed E-state index contributed by atoms with van der Waals surface area (Å²) in [5.41, 5.74) is 2.98. The van der Waals surface area contributed by atoms with Gasteiger partial charge in [0.25, 0.3) is 0 Å². The predicted octanol–water partition coefficient (Wildman–Crippen LogP) is 3.85. The monoisotopic (exact) mass is 296 g/mol. The molecule has 3 rings (SSSR count). The number of nitrogens with zero attached hydrogens (tertiary/aromatic N) is 1. The molecule has 1 N–H and O–H groups in total. The fourth-order valence-corrected chi connectivity index (χ4v) is 2.11. The predicted molar refractivity (Wildman–Crippen MR) is 84.9 cm³/mol. The van der Waals surface area contributed by atoms with Crippen LogP contribution in [0, 0.1) is 0 Å². The van der Waals surface area contributed by atoms with Crippen molar-refractivity contribution in [3.8, 4) is 17.2 Å². The van der Waals surface area contributed by atoms with E-state index in [0.29, 0.717) is 29.1 Å². The van der Waals surface area contributed by atoms with E-state index in [0.717, 1.165) is 11.3 Å². The van der Waals surface area contributed by atoms with E-state index < -0.39 is 0 Å². The maximum Gasteiger partial charge on any atom is 0.227 e. The molecule has 0 fully saturated rings. The van der Waals surface area contributed by atoms with E-state index in [1.165, 1.54) is 0 Å². The number of nitrogens with one attached hydrogen (secondary N) is 1. The van der Waals surface area contributed by atoms with Gasteiger partial charge in [-0.25, -0.2) is 4.98 Å². The molecule has 5 nitrogen and oxygen atoms in total. The molecular weight excluding hydrogens is 280 g/mol. The molecule has 0 spiro atoms. The number of hydrogen-bond donors (Lipinski definition) is 1. The van der Waals surface area contributed by atoms with Crippen molar-refractivity contribution >= 4 is 22.7 Å². The molecule has 0 aliphatic heterocycles. The summed E-state index contributed by atoms with van der Waals surface area (Å²) in [7, 11) is 1.63. The lowest BCUT2D eigenvalue weighted by atomic mass is 10.2. The first-order valence-electron chi connectivity index (χ1n) is 7.04. The molecule has 0 bridgehead atoms. The van der Waals surface area contributed by atoms with Gasteiger partial charge in [-0.3, -0.25) is 4.79 Å². The standard InChI is InChI=1S/C17H16N2O3/c1-3-16(20)18-12-6-9-15-14(10-12)19-17(22-15)11-4-7-13(21-2)8-5-11/h4-10H,3H2,1-2H3,(H,18,20). The van der Waals surface area contributed by atoms with Crippen LogP contribution < -0.4 is 10.1 Å². The minimum absolute atomic E-state index is 0.0294. The molecule has 112 valence electrons. The molecule has 2 aromatic carbocycles. The summed E-state index contributed by atoms with van der Waals surface area (Å²) in [5.74, 6) is 1.29. The Hall–Kier alpha value is -2.82. The van der Waals surface area contributed by atoms with Crippen LogP contribution in [0.1, 0.15) is 13.3 Å². The van der Waals surface area contributed by atoms with E-state index in [2.05, 4.69) is 10.3 Å². The lowest BCUT2D eigenvalue weighted by molar-refractivity contribution is -0.115. The molecule has 0 aliphatic carbocycles. The number of aromatic nitrogens is 1. The van der Waals surface area contributed by atoms with Crippen LogP contribution >= 0.6 is 0 Å². The molecule has 0 radical (unpaired) electrons. The second-order valence-electron chi connectivity index (χ2n) is 4.83. The van der Waals surface area contributed by atoms with Crippen LogP contribution in [0.4, 0.5) is 5.69 Å². The second kappa shape index (κ2) is 5.89. The van der Waals surface area contributed by atoms with Gasteiger partial charge in [0, 0.05) is 17.7 Å². The Labute approximate surface area is 127 Å². The van der Waals surface area contributed by atoms with Crippen molar-refractivity contribution < 1.29 is 13.9 Å². The van der Waals surface area contributed by atoms with Gasteiger partial charge in [0.2, 0.25) is 11.8 Å². The van der Waals surface area contributed by atoms with Gasteiger partial charge < -0.3 is 14.5 Å². The van der Waals surface area contributed by atoms with Gasteiger partial charge in [0.05, 0.1) is 7.11 Å². The fraction of sp³-hybridized carbons (Fsp3) is 0.176. The highest BCUT2D eigenvalue weighted by Crippen LogP contribution is 2.27. The van der Waals surface area contributed by atoms with Crippen LogP contribution in [0.3, 0.4) is 0 Å². The van der Waals surface area contributed by atoms with Crippen LogP contribution in [-0.4, -0.2) is 18.0 Å². The number of benzene rings is 2. The first-order valence-corrected chi connectivity index (χ1v) is 7.04. The summed E-state index contributed by atoms with van der Waals surface area (Å²) >= 11 is 0. The van der Waals surface area contributed by atoms with Crippen LogP contribution in [0.25, 0.3) is 22.6 Å². The van der Waals surface area contributed by atoms with Gasteiger partial charge in [-0.05, 0) is 42.5 Å². The summed E-state index contributed by atoms with van der Waals surface area (Å²) < 4.78 is 10.9. The highest BCUT2D eigenvalue weighted by Gasteiger charge is 2.09. The molecule has 0 unspecified atom stereocenters. The molecule has 0 aliphatic rings. The average Bonchev–Trinajstić information content (AvgIpc) is 2.98. The van der Waals surface area contributed by atoms with Gasteiger partial charge in [-0.1, -0.05) is 6.92 Å². The molecule has 1 aromatic heterocycles. The SMILES string of the molecule is CCC(=O)Nc1ccc2oc(-c3ccc(OC)cc3)nc2c1. The normalized spacial score (nSPS) is 10.6. The van der Waals surface area contributed by atoms with E-state index in [4.69, 9.17) is 9.15 Å². The van der Waals surface area contributed by atoms with Gasteiger partial charge in [-0.15, -0.1) is 0 Å². The number of amides is 1. The van der Waals surface area contributed by atoms with E-state index in [1.807, 2.05) is 31.2 Å². The number of hydrogen-bond acceptors (Lipinski definition) is 4. The minimum atomic E-state index is -0.0294. The highest BCUT2D eigenvalue weighted by molar-refractivity contribution is 5.92. The molecule has 22 heavy (non-hydrogen) atoms. The van der Waals surface area contributed by atoms with Crippen LogP contribution in [0.15, 0.2) is 46.9 Å². The van der Waals surface area contributed by atoms with Gasteiger partial charge in [0.15, 0.2) is 5.58 Å². The Kier molecular flexibility index (Phi) is 3.78. The quantitative estimate of drug-likeness (QED) is 0.794. The molecule has 1 amide bonds. The molecule has 0 atom stereocenters. The maximum atomic E-state index is 11.4. The van der Waals surface area contributed by atoms with Crippen molar-refractivity contribution in [3.05, 3.63) is 42.5 Å². The zero-order valence-corrected chi connectivity index (χ0v) is 12.4. The molecule has 3 aromatic rings. The number of ether oxygens (including phenoxy) is 1. The third kappa shape index (κ3) is 2.79. The summed E-state index contributed by atoms with van der Waals surface area (Å²) in [6, 6.07) is 12.9. The first-order chi connectivity index (χ1) is 10.7. The Bertz CT molecular complexity index is 806. The third-order valence-corrected chi connectivity index (χ3v) is 3.33. The molecule has 0 saturated heterocycles. The summed E-state index contributed by atoms with van der Waals surface area (Å²) in [5, 5.41) is 2.81. The largest absolute Gasteiger partial charge is 0.497 e. The van der Waals surface area contributed by atoms with Gasteiger partial charge >= 0.3 is 0 Å². The smallest absolute Gasteiger partial charge is 0.227 e. The van der Waals surface area contributed by atoms with Gasteiger partial charge in [-0.2, -0.15) is 0 Å². The van der Waals surface area contributed by atoms with Crippen molar-refractivity contribution in [2.24, 2.45) is 0 Å². The van der Waals surface area contributed by atoms with E-state index in [-0.39, 0.29) is 5.91 Å². The van der Waals surface area contributed by atoms with E-state index >= 15 is 0 Å². The van der Waals surface area contributed by atoms with Crippen molar-refractivity contribution in [1.29, 1.82) is 0 Å². The fourth-order valence-electron chi connectivity index (χ4n) is 2.11. The lowest BCUT2D eigenvalue weighted by Gasteiger charge is -2.01. The Morgan fingerprint density at radius 3 is 2.68 bits per heavy atom. The van der Waals surface area contributed by atoms with Gasteiger partial charge in [0.1, 0.15) is 11.3 Å². The van der Waals surface area contributed by atoms with E-state index in [9.17, 15) is 4.79 Å². The Morgan fingerprint density at radius 1 is 1.23 bits per heavy atom. The van der Waals surface area contributed by atoms with Crippen LogP contribution in [0.5, 0.6) is 5.75 Å². The average molecular weight is 296 g/mol. The zero-order chi connectivity index (χ0) is 15.5. The highest BCUT2D eigenvalue weighted by atomic mass is 16.5. The lowest BCUT2D eigenvalue weighted by Crippen LogP contribution is -2.08. The topological polar surface area (TPSA) is 64.4 Å². The number of fused-ring (bicyclic) bond motifs is 1. The van der Waals surface area contributed by atoms with Crippen molar-refractivity contribution in [2.45, 2.75) is 13.3 Å². The van der Waals surface area contributed by atoms with E-state index in [1.54, 1.807) is 25.3 Å². The number of anilines is 1. The summed E-state index contributed by atoms with van der Waals surface area (Å²) in [6.07, 6.45) is 0.438. The van der Waals surface area contributed by atoms with Crippen LogP contribution in [0.2, 0.25) is 0 Å². The molecule has 5 heteroatoms. The number of carbonyl (C=O) groups excluding carboxylic acids is 1. The number of oxazole rings is 1. The number of carbonyl (C=O) groups is 1. The summed E-state index contributed by atoms with van der Waals surface area (Å²) in [6.45, 7) is 1.81. The third-order valence-electron chi connectivity index (χ3n) is 3.33. The Balaban J connectivity index is 1.93. The zero-order valence-electron chi connectivity index (χ0n) is 12.4. The van der Waals surface area contributed by atoms with Crippen molar-refractivity contribution in [1.82, 2.24) is 4.98 Å². The summed E-state index contributed by atoms with van der Waals surface area (Å²) in [4.78, 5) is 15.9. The maximum absolute atomic E-state index is 11.4. The molecule has 0 saturated carbocycles. The molecular formula is C17H16N2O3. The van der Waals surface area contributed by atoms with Crippen molar-refractivity contribution in [3.63, 3.8) is 0 Å². The second-order valence-corrected chi connectivity index (χ2v) is 4.83. The number of methoxy groups -OCH3 is 1. The minimum Gasteiger partial charge on any atom is -0.497 e. The first kappa shape index (κ1) is 14.1. The molecule has 1 heterocycles. The van der Waals surface area contributed by atoms with Crippen LogP contribution in [-0.2, 0) is 4.79 Å².